The molecule has 0 spiro atoms. The van der Waals surface area contributed by atoms with Gasteiger partial charge in [-0.25, -0.2) is 13.2 Å². The number of carbonyl (C=O) groups excluding carboxylic acids is 1. The van der Waals surface area contributed by atoms with E-state index in [1.165, 1.54) is 35.6 Å². The van der Waals surface area contributed by atoms with E-state index in [9.17, 15) is 13.2 Å². The van der Waals surface area contributed by atoms with Crippen LogP contribution < -0.4 is 4.74 Å². The molecule has 0 aliphatic heterocycles. The zero-order valence-electron chi connectivity index (χ0n) is 16.9. The van der Waals surface area contributed by atoms with Gasteiger partial charge in [0.1, 0.15) is 19.0 Å². The molecule has 0 aliphatic carbocycles. The van der Waals surface area contributed by atoms with Crippen LogP contribution in [0.2, 0.25) is 0 Å². The SMILES string of the molecule is Cc1cc(C)cc(OCCOC(=O)c2cccc(S(=O)(=O)N(C)C(C)C)c2)c1. The van der Waals surface area contributed by atoms with E-state index >= 15 is 0 Å². The van der Waals surface area contributed by atoms with Crippen molar-refractivity contribution in [1.82, 2.24) is 4.31 Å². The first-order valence-corrected chi connectivity index (χ1v) is 10.5. The summed E-state index contributed by atoms with van der Waals surface area (Å²) in [7, 11) is -2.15. The molecule has 0 heterocycles. The lowest BCUT2D eigenvalue weighted by atomic mass is 10.1. The van der Waals surface area contributed by atoms with Gasteiger partial charge in [0.15, 0.2) is 0 Å². The third-order valence-electron chi connectivity index (χ3n) is 4.25. The van der Waals surface area contributed by atoms with Crippen molar-refractivity contribution in [2.45, 2.75) is 38.6 Å². The summed E-state index contributed by atoms with van der Waals surface area (Å²) in [6.45, 7) is 7.81. The van der Waals surface area contributed by atoms with Crippen LogP contribution in [0.4, 0.5) is 0 Å². The Balaban J connectivity index is 1.97. The van der Waals surface area contributed by atoms with Gasteiger partial charge in [0.2, 0.25) is 10.0 Å². The van der Waals surface area contributed by atoms with Crippen molar-refractivity contribution in [2.24, 2.45) is 0 Å². The number of carbonyl (C=O) groups is 1. The summed E-state index contributed by atoms with van der Waals surface area (Å²) in [6, 6.07) is 11.5. The first-order valence-electron chi connectivity index (χ1n) is 9.07. The van der Waals surface area contributed by atoms with E-state index in [-0.39, 0.29) is 29.7 Å². The minimum Gasteiger partial charge on any atom is -0.490 e. The van der Waals surface area contributed by atoms with E-state index in [4.69, 9.17) is 9.47 Å². The van der Waals surface area contributed by atoms with Crippen LogP contribution in [0.25, 0.3) is 0 Å². The summed E-state index contributed by atoms with van der Waals surface area (Å²) >= 11 is 0. The summed E-state index contributed by atoms with van der Waals surface area (Å²) in [4.78, 5) is 12.3. The van der Waals surface area contributed by atoms with Crippen molar-refractivity contribution in [3.05, 3.63) is 59.2 Å². The molecule has 0 radical (unpaired) electrons. The number of hydrogen-bond acceptors (Lipinski definition) is 5. The van der Waals surface area contributed by atoms with E-state index in [1.807, 2.05) is 32.0 Å². The summed E-state index contributed by atoms with van der Waals surface area (Å²) < 4.78 is 37.2. The molecular weight excluding hydrogens is 378 g/mol. The van der Waals surface area contributed by atoms with E-state index < -0.39 is 16.0 Å². The molecule has 0 bridgehead atoms. The molecular formula is C21H27NO5S. The Morgan fingerprint density at radius 3 is 2.29 bits per heavy atom. The van der Waals surface area contributed by atoms with Crippen molar-refractivity contribution in [3.8, 4) is 5.75 Å². The minimum absolute atomic E-state index is 0.0598. The monoisotopic (exact) mass is 405 g/mol. The number of aryl methyl sites for hydroxylation is 2. The zero-order chi connectivity index (χ0) is 20.9. The van der Waals surface area contributed by atoms with Gasteiger partial charge in [0.25, 0.3) is 0 Å². The molecule has 2 aromatic carbocycles. The van der Waals surface area contributed by atoms with Crippen LogP contribution >= 0.6 is 0 Å². The van der Waals surface area contributed by atoms with Gasteiger partial charge >= 0.3 is 5.97 Å². The average molecular weight is 406 g/mol. The largest absolute Gasteiger partial charge is 0.490 e. The molecule has 0 fully saturated rings. The van der Waals surface area contributed by atoms with E-state index in [0.717, 1.165) is 16.9 Å². The fraction of sp³-hybridized carbons (Fsp3) is 0.381. The lowest BCUT2D eigenvalue weighted by Crippen LogP contribution is -2.33. The highest BCUT2D eigenvalue weighted by Crippen LogP contribution is 2.19. The normalized spacial score (nSPS) is 11.7. The van der Waals surface area contributed by atoms with Crippen LogP contribution in [-0.2, 0) is 14.8 Å². The number of hydrogen-bond donors (Lipinski definition) is 0. The molecule has 0 aliphatic rings. The second-order valence-electron chi connectivity index (χ2n) is 6.95. The van der Waals surface area contributed by atoms with Crippen LogP contribution in [0.5, 0.6) is 5.75 Å². The number of benzene rings is 2. The molecule has 152 valence electrons. The highest BCUT2D eigenvalue weighted by molar-refractivity contribution is 7.89. The van der Waals surface area contributed by atoms with Crippen LogP contribution in [-0.4, -0.2) is 45.0 Å². The molecule has 0 aromatic heterocycles. The van der Waals surface area contributed by atoms with Crippen molar-refractivity contribution < 1.29 is 22.7 Å². The Morgan fingerprint density at radius 1 is 1.04 bits per heavy atom. The van der Waals surface area contributed by atoms with Crippen LogP contribution in [0.1, 0.15) is 35.3 Å². The predicted octanol–water partition coefficient (Wildman–Crippen LogP) is 3.57. The third-order valence-corrected chi connectivity index (χ3v) is 6.28. The lowest BCUT2D eigenvalue weighted by Gasteiger charge is -2.21. The summed E-state index contributed by atoms with van der Waals surface area (Å²) in [6.07, 6.45) is 0. The van der Waals surface area contributed by atoms with Crippen LogP contribution in [0.3, 0.4) is 0 Å². The van der Waals surface area contributed by atoms with Crippen molar-refractivity contribution >= 4 is 16.0 Å². The second-order valence-corrected chi connectivity index (χ2v) is 8.95. The topological polar surface area (TPSA) is 72.9 Å². The molecule has 7 heteroatoms. The third kappa shape index (κ3) is 5.56. The Morgan fingerprint density at radius 2 is 1.68 bits per heavy atom. The van der Waals surface area contributed by atoms with Gasteiger partial charge in [0.05, 0.1) is 10.5 Å². The Labute approximate surface area is 167 Å². The summed E-state index contributed by atoms with van der Waals surface area (Å²) in [5.41, 5.74) is 2.37. The number of nitrogens with zero attached hydrogens (tertiary/aromatic N) is 1. The number of rotatable bonds is 8. The smallest absolute Gasteiger partial charge is 0.338 e. The average Bonchev–Trinajstić information content (AvgIpc) is 2.63. The van der Waals surface area contributed by atoms with Crippen molar-refractivity contribution in [2.75, 3.05) is 20.3 Å². The van der Waals surface area contributed by atoms with E-state index in [2.05, 4.69) is 0 Å². The fourth-order valence-electron chi connectivity index (χ4n) is 2.62. The lowest BCUT2D eigenvalue weighted by molar-refractivity contribution is 0.0450. The molecule has 6 nitrogen and oxygen atoms in total. The van der Waals surface area contributed by atoms with Crippen LogP contribution in [0.15, 0.2) is 47.4 Å². The van der Waals surface area contributed by atoms with Gasteiger partial charge in [-0.3, -0.25) is 0 Å². The Hall–Kier alpha value is -2.38. The Kier molecular flexibility index (Phi) is 7.21. The van der Waals surface area contributed by atoms with Gasteiger partial charge in [-0.2, -0.15) is 4.31 Å². The van der Waals surface area contributed by atoms with Crippen LogP contribution in [0, 0.1) is 13.8 Å². The van der Waals surface area contributed by atoms with Gasteiger partial charge in [-0.05, 0) is 69.2 Å². The Bertz CT molecular complexity index is 917. The van der Waals surface area contributed by atoms with Gasteiger partial charge in [0, 0.05) is 13.1 Å². The standard InChI is InChI=1S/C21H27NO5S/c1-15(2)22(5)28(24,25)20-8-6-7-18(14-20)21(23)27-10-9-26-19-12-16(3)11-17(4)13-19/h6-8,11-15H,9-10H2,1-5H3. The quantitative estimate of drug-likeness (QED) is 0.496. The molecule has 0 saturated heterocycles. The van der Waals surface area contributed by atoms with Gasteiger partial charge < -0.3 is 9.47 Å². The molecule has 2 aromatic rings. The highest BCUT2D eigenvalue weighted by atomic mass is 32.2. The molecule has 0 unspecified atom stereocenters. The molecule has 0 saturated carbocycles. The summed E-state index contributed by atoms with van der Waals surface area (Å²) in [5.74, 6) is 0.131. The van der Waals surface area contributed by atoms with E-state index in [1.54, 1.807) is 13.8 Å². The second kappa shape index (κ2) is 9.21. The van der Waals surface area contributed by atoms with Crippen molar-refractivity contribution in [3.63, 3.8) is 0 Å². The first-order chi connectivity index (χ1) is 13.1. The molecule has 2 rings (SSSR count). The first kappa shape index (κ1) is 21.9. The highest BCUT2D eigenvalue weighted by Gasteiger charge is 2.24. The summed E-state index contributed by atoms with van der Waals surface area (Å²) in [5, 5.41) is 0. The molecule has 0 amide bonds. The van der Waals surface area contributed by atoms with E-state index in [0.29, 0.717) is 0 Å². The molecule has 0 atom stereocenters. The maximum atomic E-state index is 12.6. The maximum Gasteiger partial charge on any atom is 0.338 e. The molecule has 28 heavy (non-hydrogen) atoms. The maximum absolute atomic E-state index is 12.6. The molecule has 0 N–H and O–H groups in total. The number of ether oxygens (including phenoxy) is 2. The predicted molar refractivity (Wildman–Crippen MR) is 108 cm³/mol. The van der Waals surface area contributed by atoms with Crippen molar-refractivity contribution in [1.29, 1.82) is 0 Å². The van der Waals surface area contributed by atoms with Gasteiger partial charge in [-0.1, -0.05) is 12.1 Å². The fourth-order valence-corrected chi connectivity index (χ4v) is 4.03. The number of sulfonamides is 1. The van der Waals surface area contributed by atoms with Gasteiger partial charge in [-0.15, -0.1) is 0 Å². The minimum atomic E-state index is -3.66. The zero-order valence-corrected chi connectivity index (χ0v) is 17.7. The number of esters is 1.